The predicted molar refractivity (Wildman–Crippen MR) is 91.1 cm³/mol. The molecule has 2 aromatic heterocycles. The number of amides is 1. The zero-order chi connectivity index (χ0) is 19.2. The van der Waals surface area contributed by atoms with Gasteiger partial charge in [0.1, 0.15) is 5.15 Å². The Kier molecular flexibility index (Phi) is 4.18. The van der Waals surface area contributed by atoms with Crippen LogP contribution in [0.3, 0.4) is 0 Å². The number of anilines is 1. The number of halogens is 4. The van der Waals surface area contributed by atoms with Crippen LogP contribution in [0.1, 0.15) is 29.9 Å². The van der Waals surface area contributed by atoms with E-state index in [4.69, 9.17) is 16.3 Å². The molecule has 1 saturated carbocycles. The minimum atomic E-state index is -4.51. The number of ether oxygens (including phenoxy) is 1. The van der Waals surface area contributed by atoms with Crippen molar-refractivity contribution in [3.05, 3.63) is 52.8 Å². The maximum Gasteiger partial charge on any atom is 0.418 e. The van der Waals surface area contributed by atoms with Crippen LogP contribution < -0.4 is 10.1 Å². The number of carbonyl (C=O) groups excluding carboxylic acids is 1. The average molecular weight is 397 g/mol. The number of fused-ring (bicyclic) bond motifs is 1. The molecule has 0 atom stereocenters. The van der Waals surface area contributed by atoms with Crippen molar-refractivity contribution in [2.45, 2.75) is 24.9 Å². The van der Waals surface area contributed by atoms with Gasteiger partial charge in [0, 0.05) is 17.3 Å². The third-order valence-corrected chi connectivity index (χ3v) is 4.28. The zero-order valence-corrected chi connectivity index (χ0v) is 14.4. The molecule has 140 valence electrons. The number of aromatic nitrogens is 3. The van der Waals surface area contributed by atoms with Gasteiger partial charge in [-0.1, -0.05) is 17.7 Å². The Hall–Kier alpha value is -2.81. The van der Waals surface area contributed by atoms with E-state index < -0.39 is 17.8 Å². The number of benzene rings is 1. The molecular weight excluding hydrogens is 385 g/mol. The fourth-order valence-corrected chi connectivity index (χ4v) is 2.86. The lowest BCUT2D eigenvalue weighted by Crippen LogP contribution is -2.19. The van der Waals surface area contributed by atoms with Gasteiger partial charge in [-0.15, -0.1) is 0 Å². The van der Waals surface area contributed by atoms with Crippen molar-refractivity contribution < 1.29 is 22.7 Å². The number of carbonyl (C=O) groups is 1. The largest absolute Gasteiger partial charge is 0.418 e. The highest BCUT2D eigenvalue weighted by atomic mass is 35.5. The van der Waals surface area contributed by atoms with Crippen molar-refractivity contribution >= 4 is 29.0 Å². The first-order valence-electron chi connectivity index (χ1n) is 8.01. The summed E-state index contributed by atoms with van der Waals surface area (Å²) in [6.07, 6.45) is -1.78. The van der Waals surface area contributed by atoms with Gasteiger partial charge in [-0.25, -0.2) is 9.78 Å². The summed E-state index contributed by atoms with van der Waals surface area (Å²) in [4.78, 5) is 16.3. The van der Waals surface area contributed by atoms with Gasteiger partial charge in [0.25, 0.3) is 0 Å². The van der Waals surface area contributed by atoms with Crippen LogP contribution in [-0.2, 0) is 6.18 Å². The van der Waals surface area contributed by atoms with Crippen molar-refractivity contribution in [3.63, 3.8) is 0 Å². The average Bonchev–Trinajstić information content (AvgIpc) is 3.34. The summed E-state index contributed by atoms with van der Waals surface area (Å²) in [5, 5.41) is 6.55. The number of nitrogens with zero attached hydrogens (tertiary/aromatic N) is 3. The Morgan fingerprint density at radius 1 is 1.30 bits per heavy atom. The van der Waals surface area contributed by atoms with Crippen LogP contribution in [0.15, 0.2) is 36.5 Å². The van der Waals surface area contributed by atoms with Crippen LogP contribution >= 0.6 is 11.6 Å². The molecule has 27 heavy (non-hydrogen) atoms. The van der Waals surface area contributed by atoms with E-state index in [-0.39, 0.29) is 16.7 Å². The summed E-state index contributed by atoms with van der Waals surface area (Å²) in [5.74, 6) is 0.377. The first-order valence-corrected chi connectivity index (χ1v) is 8.39. The third-order valence-electron chi connectivity index (χ3n) is 4.09. The van der Waals surface area contributed by atoms with E-state index >= 15 is 0 Å². The molecule has 0 unspecified atom stereocenters. The van der Waals surface area contributed by atoms with Gasteiger partial charge in [0.05, 0.1) is 11.8 Å². The molecule has 0 bridgehead atoms. The molecule has 3 aromatic rings. The van der Waals surface area contributed by atoms with Crippen LogP contribution in [-0.4, -0.2) is 20.7 Å². The molecule has 0 spiro atoms. The predicted octanol–water partition coefficient (Wildman–Crippen LogP) is 4.89. The molecule has 10 heteroatoms. The number of hydrogen-bond acceptors (Lipinski definition) is 4. The fraction of sp³-hybridized carbons (Fsp3) is 0.235. The molecule has 2 heterocycles. The quantitative estimate of drug-likeness (QED) is 0.640. The summed E-state index contributed by atoms with van der Waals surface area (Å²) < 4.78 is 44.8. The van der Waals surface area contributed by atoms with E-state index in [0.717, 1.165) is 30.5 Å². The molecule has 4 rings (SSSR count). The molecule has 0 saturated heterocycles. The van der Waals surface area contributed by atoms with Gasteiger partial charge in [-0.05, 0) is 37.0 Å². The molecular formula is C17H12ClF3N4O2. The lowest BCUT2D eigenvalue weighted by molar-refractivity contribution is -0.137. The maximum atomic E-state index is 12.8. The van der Waals surface area contributed by atoms with Gasteiger partial charge < -0.3 is 4.74 Å². The van der Waals surface area contributed by atoms with Gasteiger partial charge in [-0.2, -0.15) is 22.8 Å². The minimum absolute atomic E-state index is 0.0152. The van der Waals surface area contributed by atoms with Crippen molar-refractivity contribution in [2.24, 2.45) is 0 Å². The topological polar surface area (TPSA) is 68.5 Å². The SMILES string of the molecule is O=C(Nc1cccc(C(F)(F)F)c1)Oc1cc(Cl)nc2c(C3CC3)cnn12. The number of rotatable bonds is 3. The fourth-order valence-electron chi connectivity index (χ4n) is 2.69. The highest BCUT2D eigenvalue weighted by Gasteiger charge is 2.31. The smallest absolute Gasteiger partial charge is 0.391 e. The number of nitrogens with one attached hydrogen (secondary N) is 1. The molecule has 1 aromatic carbocycles. The molecule has 0 aliphatic heterocycles. The summed E-state index contributed by atoms with van der Waals surface area (Å²) in [5.41, 5.74) is 0.480. The molecule has 1 aliphatic carbocycles. The Bertz CT molecular complexity index is 1030. The highest BCUT2D eigenvalue weighted by Crippen LogP contribution is 2.42. The maximum absolute atomic E-state index is 12.8. The van der Waals surface area contributed by atoms with E-state index in [1.807, 2.05) is 0 Å². The van der Waals surface area contributed by atoms with Gasteiger partial charge in [0.15, 0.2) is 5.65 Å². The zero-order valence-electron chi connectivity index (χ0n) is 13.6. The Morgan fingerprint density at radius 3 is 2.78 bits per heavy atom. The van der Waals surface area contributed by atoms with Crippen molar-refractivity contribution in [1.29, 1.82) is 0 Å². The molecule has 1 fully saturated rings. The van der Waals surface area contributed by atoms with Crippen LogP contribution in [0, 0.1) is 0 Å². The van der Waals surface area contributed by atoms with Crippen LogP contribution in [0.4, 0.5) is 23.7 Å². The van der Waals surface area contributed by atoms with E-state index in [2.05, 4.69) is 15.4 Å². The van der Waals surface area contributed by atoms with Crippen molar-refractivity contribution in [1.82, 2.24) is 14.6 Å². The van der Waals surface area contributed by atoms with Gasteiger partial charge in [-0.3, -0.25) is 5.32 Å². The summed E-state index contributed by atoms with van der Waals surface area (Å²) in [6, 6.07) is 5.55. The standard InChI is InChI=1S/C17H12ClF3N4O2/c18-13-7-14(25-15(24-13)12(8-22-25)9-4-5-9)27-16(26)23-11-3-1-2-10(6-11)17(19,20)21/h1-3,6-9H,4-5H2,(H,23,26). The normalized spacial score (nSPS) is 14.4. The van der Waals surface area contributed by atoms with E-state index in [9.17, 15) is 18.0 Å². The number of hydrogen-bond donors (Lipinski definition) is 1. The van der Waals surface area contributed by atoms with Crippen LogP contribution in [0.25, 0.3) is 5.65 Å². The van der Waals surface area contributed by atoms with Gasteiger partial charge in [0.2, 0.25) is 5.88 Å². The molecule has 1 amide bonds. The van der Waals surface area contributed by atoms with E-state index in [1.54, 1.807) is 6.20 Å². The Labute approximate surface area is 155 Å². The molecule has 1 aliphatic rings. The van der Waals surface area contributed by atoms with Crippen LogP contribution in [0.2, 0.25) is 5.15 Å². The summed E-state index contributed by atoms with van der Waals surface area (Å²) in [7, 11) is 0. The van der Waals surface area contributed by atoms with E-state index in [1.165, 1.54) is 22.7 Å². The Balaban J connectivity index is 1.57. The first kappa shape index (κ1) is 17.6. The molecule has 6 nitrogen and oxygen atoms in total. The summed E-state index contributed by atoms with van der Waals surface area (Å²) in [6.45, 7) is 0. The van der Waals surface area contributed by atoms with Crippen molar-refractivity contribution in [3.8, 4) is 5.88 Å². The molecule has 1 N–H and O–H groups in total. The monoisotopic (exact) mass is 396 g/mol. The first-order chi connectivity index (χ1) is 12.8. The van der Waals surface area contributed by atoms with Gasteiger partial charge >= 0.3 is 12.3 Å². The van der Waals surface area contributed by atoms with Crippen molar-refractivity contribution in [2.75, 3.05) is 5.32 Å². The summed E-state index contributed by atoms with van der Waals surface area (Å²) >= 11 is 6.00. The number of alkyl halides is 3. The lowest BCUT2D eigenvalue weighted by Gasteiger charge is -2.11. The van der Waals surface area contributed by atoms with E-state index in [0.29, 0.717) is 11.6 Å². The Morgan fingerprint density at radius 2 is 2.07 bits per heavy atom. The second-order valence-corrected chi connectivity index (χ2v) is 6.51. The minimum Gasteiger partial charge on any atom is -0.391 e. The lowest BCUT2D eigenvalue weighted by atomic mass is 10.2. The molecule has 0 radical (unpaired) electrons. The second kappa shape index (κ2) is 6.41. The third kappa shape index (κ3) is 3.68. The highest BCUT2D eigenvalue weighted by molar-refractivity contribution is 6.29. The second-order valence-electron chi connectivity index (χ2n) is 6.12. The van der Waals surface area contributed by atoms with Crippen LogP contribution in [0.5, 0.6) is 5.88 Å².